The van der Waals surface area contributed by atoms with Crippen molar-refractivity contribution in [1.29, 1.82) is 0 Å². The molecule has 1 aliphatic rings. The van der Waals surface area contributed by atoms with Crippen LogP contribution in [0.25, 0.3) is 11.1 Å². The second-order valence-electron chi connectivity index (χ2n) is 7.42. The zero-order valence-corrected chi connectivity index (χ0v) is 17.4. The maximum atomic E-state index is 13.3. The van der Waals surface area contributed by atoms with Gasteiger partial charge >= 0.3 is 10.2 Å². The van der Waals surface area contributed by atoms with Crippen molar-refractivity contribution in [3.05, 3.63) is 48.4 Å². The molecule has 0 spiro atoms. The van der Waals surface area contributed by atoms with Crippen LogP contribution in [-0.2, 0) is 10.2 Å². The van der Waals surface area contributed by atoms with E-state index in [4.69, 9.17) is 4.42 Å². The molecule has 8 nitrogen and oxygen atoms in total. The third-order valence-electron chi connectivity index (χ3n) is 5.40. The zero-order valence-electron chi connectivity index (χ0n) is 16.6. The van der Waals surface area contributed by atoms with Gasteiger partial charge in [-0.15, -0.1) is 0 Å². The number of hydrogen-bond donors (Lipinski definition) is 2. The van der Waals surface area contributed by atoms with Crippen molar-refractivity contribution in [2.24, 2.45) is 5.92 Å². The molecule has 160 valence electrons. The van der Waals surface area contributed by atoms with Gasteiger partial charge in [0.15, 0.2) is 5.58 Å². The average molecular weight is 434 g/mol. The number of pyridine rings is 1. The molecule has 1 saturated carbocycles. The first-order chi connectivity index (χ1) is 14.4. The lowest BCUT2D eigenvalue weighted by Crippen LogP contribution is -2.43. The van der Waals surface area contributed by atoms with Crippen molar-refractivity contribution in [2.75, 3.05) is 23.2 Å². The quantitative estimate of drug-likeness (QED) is 0.593. The van der Waals surface area contributed by atoms with E-state index in [2.05, 4.69) is 20.0 Å². The molecule has 0 radical (unpaired) electrons. The fourth-order valence-corrected chi connectivity index (χ4v) is 4.77. The second-order valence-corrected chi connectivity index (χ2v) is 9.22. The molecule has 0 aliphatic heterocycles. The van der Waals surface area contributed by atoms with Gasteiger partial charge in [-0.3, -0.25) is 0 Å². The molecule has 1 aliphatic carbocycles. The summed E-state index contributed by atoms with van der Waals surface area (Å²) >= 11 is 0. The highest BCUT2D eigenvalue weighted by molar-refractivity contribution is 7.90. The van der Waals surface area contributed by atoms with Gasteiger partial charge in [0.05, 0.1) is 0 Å². The van der Waals surface area contributed by atoms with Crippen molar-refractivity contribution in [3.63, 3.8) is 0 Å². The number of fused-ring (bicyclic) bond motifs is 1. The Kier molecular flexibility index (Phi) is 5.87. The summed E-state index contributed by atoms with van der Waals surface area (Å²) in [5, 5.41) is 3.28. The van der Waals surface area contributed by atoms with Crippen LogP contribution in [0.2, 0.25) is 0 Å². The molecule has 10 heteroatoms. The van der Waals surface area contributed by atoms with Crippen LogP contribution >= 0.6 is 0 Å². The summed E-state index contributed by atoms with van der Waals surface area (Å²) in [4.78, 5) is 8.55. The van der Waals surface area contributed by atoms with Gasteiger partial charge < -0.3 is 9.73 Å². The highest BCUT2D eigenvalue weighted by Crippen LogP contribution is 2.30. The molecule has 3 aromatic rings. The maximum Gasteiger partial charge on any atom is 0.302 e. The summed E-state index contributed by atoms with van der Waals surface area (Å²) < 4.78 is 47.6. The van der Waals surface area contributed by atoms with Crippen molar-refractivity contribution < 1.29 is 17.2 Å². The molecular weight excluding hydrogens is 409 g/mol. The Hall–Kier alpha value is -2.72. The number of nitrogens with one attached hydrogen (secondary N) is 2. The standard InChI is InChI=1S/C20H24FN5O3S/c1-22-30(27,28)26(19-4-2-3-11-23-19)13-14-5-8-16(9-6-14)24-20-25-17-10-7-15(21)12-18(17)29-20/h2-4,7,10-12,14,16,22H,5-6,8-9,13H2,1H3,(H,24,25). The molecule has 2 aromatic heterocycles. The highest BCUT2D eigenvalue weighted by Gasteiger charge is 2.29. The summed E-state index contributed by atoms with van der Waals surface area (Å²) in [5.41, 5.74) is 1.02. The van der Waals surface area contributed by atoms with Gasteiger partial charge in [-0.2, -0.15) is 13.4 Å². The molecule has 0 saturated heterocycles. The van der Waals surface area contributed by atoms with E-state index < -0.39 is 10.2 Å². The van der Waals surface area contributed by atoms with Crippen LogP contribution < -0.4 is 14.3 Å². The predicted octanol–water partition coefficient (Wildman–Crippen LogP) is 3.30. The van der Waals surface area contributed by atoms with Crippen LogP contribution in [0.5, 0.6) is 0 Å². The fourth-order valence-electron chi connectivity index (χ4n) is 3.78. The molecule has 30 heavy (non-hydrogen) atoms. The number of nitrogens with zero attached hydrogens (tertiary/aromatic N) is 3. The normalized spacial score (nSPS) is 19.7. The van der Waals surface area contributed by atoms with Crippen LogP contribution in [0.1, 0.15) is 25.7 Å². The van der Waals surface area contributed by atoms with Gasteiger partial charge in [0, 0.05) is 31.9 Å². The zero-order chi connectivity index (χ0) is 21.1. The minimum Gasteiger partial charge on any atom is -0.423 e. The number of rotatable bonds is 7. The summed E-state index contributed by atoms with van der Waals surface area (Å²) in [5.74, 6) is 0.261. The van der Waals surface area contributed by atoms with Gasteiger partial charge in [-0.1, -0.05) is 6.07 Å². The lowest BCUT2D eigenvalue weighted by molar-refractivity contribution is 0.341. The van der Waals surface area contributed by atoms with E-state index in [-0.39, 0.29) is 17.8 Å². The van der Waals surface area contributed by atoms with Crippen molar-refractivity contribution >= 4 is 33.1 Å². The van der Waals surface area contributed by atoms with Crippen molar-refractivity contribution in [2.45, 2.75) is 31.7 Å². The third-order valence-corrected chi connectivity index (χ3v) is 6.83. The molecule has 2 heterocycles. The van der Waals surface area contributed by atoms with Crippen LogP contribution in [0.4, 0.5) is 16.2 Å². The number of aromatic nitrogens is 2. The van der Waals surface area contributed by atoms with E-state index in [9.17, 15) is 12.8 Å². The summed E-state index contributed by atoms with van der Waals surface area (Å²) in [6, 6.07) is 10.0. The number of oxazole rings is 1. The summed E-state index contributed by atoms with van der Waals surface area (Å²) in [6.45, 7) is 0.370. The number of halogens is 1. The van der Waals surface area contributed by atoms with Gasteiger partial charge in [-0.05, 0) is 55.9 Å². The summed E-state index contributed by atoms with van der Waals surface area (Å²) in [7, 11) is -2.24. The van der Waals surface area contributed by atoms with E-state index in [0.29, 0.717) is 29.5 Å². The third kappa shape index (κ3) is 4.54. The predicted molar refractivity (Wildman–Crippen MR) is 113 cm³/mol. The Balaban J connectivity index is 1.38. The molecule has 1 aromatic carbocycles. The highest BCUT2D eigenvalue weighted by atomic mass is 32.2. The largest absolute Gasteiger partial charge is 0.423 e. The monoisotopic (exact) mass is 433 g/mol. The minimum atomic E-state index is -3.64. The minimum absolute atomic E-state index is 0.170. The van der Waals surface area contributed by atoms with Crippen LogP contribution in [-0.4, -0.2) is 38.0 Å². The lowest BCUT2D eigenvalue weighted by Gasteiger charge is -2.32. The molecular formula is C20H24FN5O3S. The number of benzene rings is 1. The lowest BCUT2D eigenvalue weighted by atomic mass is 9.86. The van der Waals surface area contributed by atoms with E-state index in [0.717, 1.165) is 25.7 Å². The van der Waals surface area contributed by atoms with Crippen molar-refractivity contribution in [1.82, 2.24) is 14.7 Å². The van der Waals surface area contributed by atoms with Crippen LogP contribution in [0, 0.1) is 11.7 Å². The molecule has 0 unspecified atom stereocenters. The molecule has 1 fully saturated rings. The number of anilines is 2. The van der Waals surface area contributed by atoms with Gasteiger partial charge in [-0.25, -0.2) is 18.4 Å². The Labute approximate surface area is 174 Å². The smallest absolute Gasteiger partial charge is 0.302 e. The van der Waals surface area contributed by atoms with Crippen LogP contribution in [0.15, 0.2) is 47.0 Å². The van der Waals surface area contributed by atoms with Gasteiger partial charge in [0.2, 0.25) is 0 Å². The number of hydrogen-bond acceptors (Lipinski definition) is 6. The van der Waals surface area contributed by atoms with E-state index in [1.54, 1.807) is 30.5 Å². The molecule has 0 atom stereocenters. The Morgan fingerprint density at radius 2 is 2.00 bits per heavy atom. The van der Waals surface area contributed by atoms with Crippen LogP contribution in [0.3, 0.4) is 0 Å². The van der Waals surface area contributed by atoms with E-state index in [1.165, 1.54) is 23.5 Å². The molecule has 0 amide bonds. The molecule has 4 rings (SSSR count). The van der Waals surface area contributed by atoms with Gasteiger partial charge in [0.25, 0.3) is 6.01 Å². The fraction of sp³-hybridized carbons (Fsp3) is 0.400. The Bertz CT molecular complexity index is 1100. The molecule has 2 N–H and O–H groups in total. The Morgan fingerprint density at radius 1 is 1.20 bits per heavy atom. The average Bonchev–Trinajstić information content (AvgIpc) is 3.15. The SMILES string of the molecule is CNS(=O)(=O)N(CC1CCC(Nc2nc3ccc(F)cc3o2)CC1)c1ccccn1. The van der Waals surface area contributed by atoms with E-state index in [1.807, 2.05) is 0 Å². The first-order valence-corrected chi connectivity index (χ1v) is 11.3. The van der Waals surface area contributed by atoms with E-state index >= 15 is 0 Å². The topological polar surface area (TPSA) is 100 Å². The summed E-state index contributed by atoms with van der Waals surface area (Å²) in [6.07, 6.45) is 5.01. The van der Waals surface area contributed by atoms with Gasteiger partial charge in [0.1, 0.15) is 17.2 Å². The van der Waals surface area contributed by atoms with Crippen molar-refractivity contribution in [3.8, 4) is 0 Å². The first kappa shape index (κ1) is 20.5. The Morgan fingerprint density at radius 3 is 2.70 bits per heavy atom. The maximum absolute atomic E-state index is 13.3. The first-order valence-electron chi connectivity index (χ1n) is 9.89. The molecule has 0 bridgehead atoms. The second kappa shape index (κ2) is 8.57.